The van der Waals surface area contributed by atoms with Crippen LogP contribution in [-0.2, 0) is 0 Å². The second-order valence-corrected chi connectivity index (χ2v) is 5.49. The van der Waals surface area contributed by atoms with E-state index in [-0.39, 0.29) is 16.5 Å². The molecule has 0 unspecified atom stereocenters. The number of halogens is 1. The molecule has 0 radical (unpaired) electrons. The molecule has 2 N–H and O–H groups in total. The molecule has 0 aliphatic heterocycles. The molecule has 2 rings (SSSR count). The Morgan fingerprint density at radius 2 is 1.85 bits per heavy atom. The van der Waals surface area contributed by atoms with Gasteiger partial charge in [-0.2, -0.15) is 5.10 Å². The number of benzene rings is 2. The summed E-state index contributed by atoms with van der Waals surface area (Å²) in [6, 6.07) is 7.86. The maximum absolute atomic E-state index is 12.2. The van der Waals surface area contributed by atoms with Crippen LogP contribution in [0.5, 0.6) is 23.0 Å². The van der Waals surface area contributed by atoms with Crippen LogP contribution in [0.25, 0.3) is 0 Å². The number of phenolic OH excluding ortho intramolecular Hbond substituents is 1. The van der Waals surface area contributed by atoms with Gasteiger partial charge in [-0.1, -0.05) is 11.6 Å². The molecule has 0 aliphatic carbocycles. The third-order valence-electron chi connectivity index (χ3n) is 3.34. The molecule has 1 amide bonds. The number of phenols is 1. The van der Waals surface area contributed by atoms with Crippen LogP contribution in [-0.4, -0.2) is 38.1 Å². The first-order valence-corrected chi connectivity index (χ1v) is 8.08. The fourth-order valence-corrected chi connectivity index (χ4v) is 2.32. The van der Waals surface area contributed by atoms with Crippen LogP contribution < -0.4 is 19.6 Å². The zero-order chi connectivity index (χ0) is 19.1. The zero-order valence-corrected chi connectivity index (χ0v) is 15.3. The molecule has 0 heterocycles. The highest BCUT2D eigenvalue weighted by molar-refractivity contribution is 6.32. The predicted octanol–water partition coefficient (Wildman–Crippen LogP) is 3.23. The van der Waals surface area contributed by atoms with Crippen molar-refractivity contribution in [3.8, 4) is 23.0 Å². The van der Waals surface area contributed by atoms with Gasteiger partial charge in [0, 0.05) is 11.6 Å². The maximum atomic E-state index is 12.2. The second-order valence-electron chi connectivity index (χ2n) is 5.08. The van der Waals surface area contributed by atoms with Crippen molar-refractivity contribution in [1.29, 1.82) is 0 Å². The highest BCUT2D eigenvalue weighted by Gasteiger charge is 2.10. The lowest BCUT2D eigenvalue weighted by atomic mass is 10.2. The number of rotatable bonds is 7. The normalized spacial score (nSPS) is 10.6. The van der Waals surface area contributed by atoms with Gasteiger partial charge >= 0.3 is 0 Å². The molecule has 26 heavy (non-hydrogen) atoms. The topological polar surface area (TPSA) is 89.4 Å². The van der Waals surface area contributed by atoms with Gasteiger partial charge in [-0.3, -0.25) is 4.79 Å². The molecule has 0 saturated heterocycles. The Bertz CT molecular complexity index is 801. The lowest BCUT2D eigenvalue weighted by molar-refractivity contribution is 0.0954. The van der Waals surface area contributed by atoms with Crippen LogP contribution >= 0.6 is 11.6 Å². The fraction of sp³-hybridized carbons (Fsp3) is 0.222. The SMILES string of the molecule is CCOc1cc(/C=N/NC(=O)c2cc(OC)cc(OC)c2)cc(Cl)c1O. The van der Waals surface area contributed by atoms with Crippen LogP contribution in [0.2, 0.25) is 5.02 Å². The smallest absolute Gasteiger partial charge is 0.271 e. The van der Waals surface area contributed by atoms with Crippen molar-refractivity contribution in [1.82, 2.24) is 5.43 Å². The van der Waals surface area contributed by atoms with Gasteiger partial charge < -0.3 is 19.3 Å². The van der Waals surface area contributed by atoms with E-state index in [2.05, 4.69) is 10.5 Å². The number of ether oxygens (including phenoxy) is 3. The van der Waals surface area contributed by atoms with Gasteiger partial charge in [0.05, 0.1) is 32.1 Å². The Morgan fingerprint density at radius 1 is 1.19 bits per heavy atom. The molecule has 0 fully saturated rings. The van der Waals surface area contributed by atoms with E-state index in [4.69, 9.17) is 25.8 Å². The number of hydrazone groups is 1. The van der Waals surface area contributed by atoms with E-state index in [1.54, 1.807) is 31.2 Å². The summed E-state index contributed by atoms with van der Waals surface area (Å²) < 4.78 is 15.6. The van der Waals surface area contributed by atoms with Gasteiger partial charge in [-0.05, 0) is 36.8 Å². The predicted molar refractivity (Wildman–Crippen MR) is 98.9 cm³/mol. The summed E-state index contributed by atoms with van der Waals surface area (Å²) in [6.07, 6.45) is 1.39. The Kier molecular flexibility index (Phi) is 6.68. The van der Waals surface area contributed by atoms with Crippen LogP contribution in [0.3, 0.4) is 0 Å². The van der Waals surface area contributed by atoms with E-state index in [0.717, 1.165) is 0 Å². The molecule has 0 atom stereocenters. The number of nitrogens with zero attached hydrogens (tertiary/aromatic N) is 1. The summed E-state index contributed by atoms with van der Waals surface area (Å²) in [7, 11) is 3.00. The zero-order valence-electron chi connectivity index (χ0n) is 14.6. The first-order valence-electron chi connectivity index (χ1n) is 7.70. The van der Waals surface area contributed by atoms with Crippen LogP contribution in [0, 0.1) is 0 Å². The molecule has 7 nitrogen and oxygen atoms in total. The molecular formula is C18H19ClN2O5. The van der Waals surface area contributed by atoms with Gasteiger partial charge in [-0.25, -0.2) is 5.43 Å². The lowest BCUT2D eigenvalue weighted by Gasteiger charge is -2.08. The summed E-state index contributed by atoms with van der Waals surface area (Å²) in [4.78, 5) is 12.2. The molecule has 2 aromatic carbocycles. The van der Waals surface area contributed by atoms with E-state index < -0.39 is 5.91 Å². The average molecular weight is 379 g/mol. The van der Waals surface area contributed by atoms with Crippen LogP contribution in [0.15, 0.2) is 35.4 Å². The Morgan fingerprint density at radius 3 is 2.42 bits per heavy atom. The van der Waals surface area contributed by atoms with Crippen molar-refractivity contribution in [3.05, 3.63) is 46.5 Å². The molecule has 0 saturated carbocycles. The Balaban J connectivity index is 2.14. The first kappa shape index (κ1) is 19.4. The van der Waals surface area contributed by atoms with E-state index >= 15 is 0 Å². The van der Waals surface area contributed by atoms with E-state index in [1.807, 2.05) is 0 Å². The molecule has 0 bridgehead atoms. The number of hydrogen-bond acceptors (Lipinski definition) is 6. The quantitative estimate of drug-likeness (QED) is 0.570. The number of aromatic hydroxyl groups is 1. The maximum Gasteiger partial charge on any atom is 0.271 e. The van der Waals surface area contributed by atoms with E-state index in [9.17, 15) is 9.90 Å². The molecule has 0 spiro atoms. The van der Waals surface area contributed by atoms with Crippen molar-refractivity contribution in [3.63, 3.8) is 0 Å². The monoisotopic (exact) mass is 378 g/mol. The van der Waals surface area contributed by atoms with Crippen molar-refractivity contribution >= 4 is 23.7 Å². The fourth-order valence-electron chi connectivity index (χ4n) is 2.10. The molecule has 0 aromatic heterocycles. The number of nitrogens with one attached hydrogen (secondary N) is 1. The summed E-state index contributed by atoms with van der Waals surface area (Å²) in [6.45, 7) is 2.16. The Labute approximate surface area is 156 Å². The highest BCUT2D eigenvalue weighted by atomic mass is 35.5. The van der Waals surface area contributed by atoms with Crippen LogP contribution in [0.4, 0.5) is 0 Å². The molecule has 138 valence electrons. The number of carbonyl (C=O) groups excluding carboxylic acids is 1. The minimum Gasteiger partial charge on any atom is -0.503 e. The summed E-state index contributed by atoms with van der Waals surface area (Å²) in [5.74, 6) is 0.646. The van der Waals surface area contributed by atoms with Crippen molar-refractivity contribution in [2.24, 2.45) is 5.10 Å². The van der Waals surface area contributed by atoms with Crippen molar-refractivity contribution < 1.29 is 24.1 Å². The van der Waals surface area contributed by atoms with Gasteiger partial charge in [-0.15, -0.1) is 0 Å². The minimum atomic E-state index is -0.437. The lowest BCUT2D eigenvalue weighted by Crippen LogP contribution is -2.17. The second kappa shape index (κ2) is 8.96. The van der Waals surface area contributed by atoms with Gasteiger partial charge in [0.15, 0.2) is 11.5 Å². The summed E-state index contributed by atoms with van der Waals surface area (Å²) >= 11 is 5.95. The third kappa shape index (κ3) is 4.80. The van der Waals surface area contributed by atoms with Crippen molar-refractivity contribution in [2.75, 3.05) is 20.8 Å². The summed E-state index contributed by atoms with van der Waals surface area (Å²) in [5, 5.41) is 13.8. The van der Waals surface area contributed by atoms with Gasteiger partial charge in [0.25, 0.3) is 5.91 Å². The third-order valence-corrected chi connectivity index (χ3v) is 3.63. The number of hydrogen-bond donors (Lipinski definition) is 2. The molecule has 8 heteroatoms. The molecule has 0 aliphatic rings. The first-order chi connectivity index (χ1) is 12.5. The van der Waals surface area contributed by atoms with Crippen molar-refractivity contribution in [2.45, 2.75) is 6.92 Å². The average Bonchev–Trinajstić information content (AvgIpc) is 2.65. The number of amides is 1. The van der Waals surface area contributed by atoms with E-state index in [1.165, 1.54) is 26.5 Å². The standard InChI is InChI=1S/C18H19ClN2O5/c1-4-26-16-6-11(5-15(19)17(16)22)10-20-21-18(23)12-7-13(24-2)9-14(8-12)25-3/h5-10,22H,4H2,1-3H3,(H,21,23)/b20-10+. The van der Waals surface area contributed by atoms with Gasteiger partial charge in [0.1, 0.15) is 11.5 Å². The van der Waals surface area contributed by atoms with Crippen LogP contribution in [0.1, 0.15) is 22.8 Å². The largest absolute Gasteiger partial charge is 0.503 e. The van der Waals surface area contributed by atoms with E-state index in [0.29, 0.717) is 29.2 Å². The highest BCUT2D eigenvalue weighted by Crippen LogP contribution is 2.34. The molecule has 2 aromatic rings. The summed E-state index contributed by atoms with van der Waals surface area (Å²) in [5.41, 5.74) is 3.29. The molecular weight excluding hydrogens is 360 g/mol. The Hall–Kier alpha value is -2.93. The number of carbonyl (C=O) groups is 1. The van der Waals surface area contributed by atoms with Gasteiger partial charge in [0.2, 0.25) is 0 Å². The number of methoxy groups -OCH3 is 2. The minimum absolute atomic E-state index is 0.126.